The molecule has 23 heavy (non-hydrogen) atoms. The van der Waals surface area contributed by atoms with Gasteiger partial charge < -0.3 is 10.6 Å². The molecular formula is C17H19ClN4O. The molecule has 0 saturated heterocycles. The highest BCUT2D eigenvalue weighted by Crippen LogP contribution is 2.37. The zero-order valence-electron chi connectivity index (χ0n) is 12.8. The molecule has 1 heterocycles. The van der Waals surface area contributed by atoms with E-state index in [1.807, 2.05) is 6.07 Å². The number of carbonyl (C=O) groups excluding carboxylic acids is 1. The van der Waals surface area contributed by atoms with Gasteiger partial charge in [-0.15, -0.1) is 0 Å². The van der Waals surface area contributed by atoms with Crippen molar-refractivity contribution in [1.29, 1.82) is 0 Å². The quantitative estimate of drug-likeness (QED) is 0.757. The lowest BCUT2D eigenvalue weighted by Gasteiger charge is -2.07. The Morgan fingerprint density at radius 1 is 1.22 bits per heavy atom. The van der Waals surface area contributed by atoms with Crippen LogP contribution in [0.4, 0.5) is 11.5 Å². The summed E-state index contributed by atoms with van der Waals surface area (Å²) in [5.74, 6) is 2.30. The lowest BCUT2D eigenvalue weighted by Crippen LogP contribution is -2.13. The first-order valence-corrected chi connectivity index (χ1v) is 8.21. The number of halogens is 1. The maximum absolute atomic E-state index is 11.9. The smallest absolute Gasteiger partial charge is 0.224 e. The standard InChI is InChI=1S/C17H19ClN4O/c18-13-5-7-14(8-6-13)21-16(23)2-1-10-19-15-9-11-20-17(22-15)12-3-4-12/h5-9,11-12H,1-4,10H2,(H,21,23)(H,19,20,22). The molecule has 0 radical (unpaired) electrons. The molecule has 0 atom stereocenters. The summed E-state index contributed by atoms with van der Waals surface area (Å²) in [6.07, 6.45) is 5.36. The third kappa shape index (κ3) is 4.93. The van der Waals surface area contributed by atoms with Crippen molar-refractivity contribution in [2.45, 2.75) is 31.6 Å². The molecule has 6 heteroatoms. The van der Waals surface area contributed by atoms with E-state index in [-0.39, 0.29) is 5.91 Å². The molecule has 1 amide bonds. The Morgan fingerprint density at radius 3 is 2.74 bits per heavy atom. The summed E-state index contributed by atoms with van der Waals surface area (Å²) in [6, 6.07) is 8.95. The number of nitrogens with zero attached hydrogens (tertiary/aromatic N) is 2. The molecule has 1 fully saturated rings. The lowest BCUT2D eigenvalue weighted by atomic mass is 10.2. The van der Waals surface area contributed by atoms with Crippen LogP contribution in [0.25, 0.3) is 0 Å². The Balaban J connectivity index is 1.38. The minimum absolute atomic E-state index is 0.00419. The number of benzene rings is 1. The predicted octanol–water partition coefficient (Wildman–Crippen LogP) is 3.84. The van der Waals surface area contributed by atoms with Gasteiger partial charge in [0.25, 0.3) is 0 Å². The van der Waals surface area contributed by atoms with E-state index < -0.39 is 0 Å². The first-order valence-electron chi connectivity index (χ1n) is 7.83. The fraction of sp³-hybridized carbons (Fsp3) is 0.353. The van der Waals surface area contributed by atoms with E-state index in [9.17, 15) is 4.79 Å². The van der Waals surface area contributed by atoms with Crippen molar-refractivity contribution in [3.63, 3.8) is 0 Å². The van der Waals surface area contributed by atoms with Gasteiger partial charge in [-0.2, -0.15) is 0 Å². The summed E-state index contributed by atoms with van der Waals surface area (Å²) in [6.45, 7) is 0.704. The highest BCUT2D eigenvalue weighted by atomic mass is 35.5. The molecule has 1 aromatic carbocycles. The summed E-state index contributed by atoms with van der Waals surface area (Å²) in [7, 11) is 0. The van der Waals surface area contributed by atoms with Crippen LogP contribution in [0, 0.1) is 0 Å². The van der Waals surface area contributed by atoms with E-state index in [0.717, 1.165) is 23.8 Å². The first-order chi connectivity index (χ1) is 11.2. The summed E-state index contributed by atoms with van der Waals surface area (Å²) >= 11 is 5.81. The van der Waals surface area contributed by atoms with E-state index in [2.05, 4.69) is 20.6 Å². The van der Waals surface area contributed by atoms with Crippen molar-refractivity contribution in [2.24, 2.45) is 0 Å². The Bertz CT molecular complexity index is 671. The van der Waals surface area contributed by atoms with E-state index in [4.69, 9.17) is 11.6 Å². The molecular weight excluding hydrogens is 312 g/mol. The van der Waals surface area contributed by atoms with Gasteiger partial charge in [0.2, 0.25) is 5.91 Å². The third-order valence-electron chi connectivity index (χ3n) is 3.63. The van der Waals surface area contributed by atoms with Crippen LogP contribution in [0.3, 0.4) is 0 Å². The SMILES string of the molecule is O=C(CCCNc1ccnc(C2CC2)n1)Nc1ccc(Cl)cc1. The molecule has 120 valence electrons. The molecule has 0 spiro atoms. The Morgan fingerprint density at radius 2 is 2.00 bits per heavy atom. The molecule has 5 nitrogen and oxygen atoms in total. The van der Waals surface area contributed by atoms with Gasteiger partial charge in [-0.1, -0.05) is 11.6 Å². The van der Waals surface area contributed by atoms with Gasteiger partial charge >= 0.3 is 0 Å². The summed E-state index contributed by atoms with van der Waals surface area (Å²) in [4.78, 5) is 20.6. The molecule has 3 rings (SSSR count). The fourth-order valence-corrected chi connectivity index (χ4v) is 2.36. The highest BCUT2D eigenvalue weighted by Gasteiger charge is 2.26. The second-order valence-corrected chi connectivity index (χ2v) is 6.10. The summed E-state index contributed by atoms with van der Waals surface area (Å²) < 4.78 is 0. The summed E-state index contributed by atoms with van der Waals surface area (Å²) in [5.41, 5.74) is 0.761. The molecule has 1 aliphatic rings. The molecule has 2 N–H and O–H groups in total. The number of rotatable bonds is 7. The van der Waals surface area contributed by atoms with Crippen LogP contribution < -0.4 is 10.6 Å². The van der Waals surface area contributed by atoms with Gasteiger partial charge in [0.1, 0.15) is 11.6 Å². The topological polar surface area (TPSA) is 66.9 Å². The monoisotopic (exact) mass is 330 g/mol. The number of hydrogen-bond acceptors (Lipinski definition) is 4. The van der Waals surface area contributed by atoms with Crippen LogP contribution >= 0.6 is 11.6 Å². The van der Waals surface area contributed by atoms with Gasteiger partial charge in [-0.3, -0.25) is 4.79 Å². The minimum atomic E-state index is -0.00419. The van der Waals surface area contributed by atoms with Gasteiger partial charge in [0.15, 0.2) is 0 Å². The van der Waals surface area contributed by atoms with Crippen molar-refractivity contribution in [3.8, 4) is 0 Å². The number of anilines is 2. The van der Waals surface area contributed by atoms with Crippen molar-refractivity contribution in [2.75, 3.05) is 17.2 Å². The van der Waals surface area contributed by atoms with E-state index >= 15 is 0 Å². The van der Waals surface area contributed by atoms with Crippen LogP contribution in [-0.2, 0) is 4.79 Å². The molecule has 0 bridgehead atoms. The second kappa shape index (κ2) is 7.42. The van der Waals surface area contributed by atoms with Crippen LogP contribution in [0.15, 0.2) is 36.5 Å². The molecule has 1 saturated carbocycles. The third-order valence-corrected chi connectivity index (χ3v) is 3.88. The summed E-state index contributed by atoms with van der Waals surface area (Å²) in [5, 5.41) is 6.75. The van der Waals surface area contributed by atoms with E-state index in [1.54, 1.807) is 30.5 Å². The second-order valence-electron chi connectivity index (χ2n) is 5.66. The number of amides is 1. The van der Waals surface area contributed by atoms with Gasteiger partial charge in [0.05, 0.1) is 0 Å². The zero-order chi connectivity index (χ0) is 16.1. The van der Waals surface area contributed by atoms with Crippen LogP contribution in [-0.4, -0.2) is 22.4 Å². The molecule has 2 aromatic rings. The highest BCUT2D eigenvalue weighted by molar-refractivity contribution is 6.30. The van der Waals surface area contributed by atoms with Crippen molar-refractivity contribution in [3.05, 3.63) is 47.4 Å². The molecule has 0 aliphatic heterocycles. The fourth-order valence-electron chi connectivity index (χ4n) is 2.23. The number of carbonyl (C=O) groups is 1. The molecule has 0 unspecified atom stereocenters. The number of aromatic nitrogens is 2. The maximum Gasteiger partial charge on any atom is 0.224 e. The molecule has 1 aliphatic carbocycles. The largest absolute Gasteiger partial charge is 0.370 e. The predicted molar refractivity (Wildman–Crippen MR) is 91.8 cm³/mol. The maximum atomic E-state index is 11.9. The zero-order valence-corrected chi connectivity index (χ0v) is 13.5. The molecule has 1 aromatic heterocycles. The minimum Gasteiger partial charge on any atom is -0.370 e. The Labute approximate surface area is 140 Å². The van der Waals surface area contributed by atoms with Gasteiger partial charge in [-0.25, -0.2) is 9.97 Å². The average Bonchev–Trinajstić information content (AvgIpc) is 3.39. The first kappa shape index (κ1) is 15.7. The van der Waals surface area contributed by atoms with Crippen LogP contribution in [0.5, 0.6) is 0 Å². The Hall–Kier alpha value is -2.14. The lowest BCUT2D eigenvalue weighted by molar-refractivity contribution is -0.116. The normalized spacial score (nSPS) is 13.6. The Kier molecular flexibility index (Phi) is 5.08. The van der Waals surface area contributed by atoms with Crippen molar-refractivity contribution in [1.82, 2.24) is 9.97 Å². The van der Waals surface area contributed by atoms with Gasteiger partial charge in [0, 0.05) is 35.8 Å². The van der Waals surface area contributed by atoms with Crippen molar-refractivity contribution < 1.29 is 4.79 Å². The van der Waals surface area contributed by atoms with E-state index in [1.165, 1.54) is 12.8 Å². The number of nitrogens with one attached hydrogen (secondary N) is 2. The van der Waals surface area contributed by atoms with E-state index in [0.29, 0.717) is 23.9 Å². The van der Waals surface area contributed by atoms with Gasteiger partial charge in [-0.05, 0) is 49.6 Å². The van der Waals surface area contributed by atoms with Crippen LogP contribution in [0.2, 0.25) is 5.02 Å². The average molecular weight is 331 g/mol. The number of hydrogen-bond donors (Lipinski definition) is 2. The van der Waals surface area contributed by atoms with Crippen molar-refractivity contribution >= 4 is 29.0 Å². The van der Waals surface area contributed by atoms with Crippen LogP contribution in [0.1, 0.15) is 37.4 Å².